The highest BCUT2D eigenvalue weighted by molar-refractivity contribution is 5.89. The van der Waals surface area contributed by atoms with E-state index in [9.17, 15) is 9.90 Å². The highest BCUT2D eigenvalue weighted by atomic mass is 16.5. The number of aliphatic hydroxyl groups excluding tert-OH is 1. The quantitative estimate of drug-likeness (QED) is 0.727. The summed E-state index contributed by atoms with van der Waals surface area (Å²) in [4.78, 5) is 11.2. The second kappa shape index (κ2) is 7.76. The first kappa shape index (κ1) is 15.5. The van der Waals surface area contributed by atoms with Crippen molar-refractivity contribution in [1.29, 1.82) is 0 Å². The van der Waals surface area contributed by atoms with Crippen LogP contribution in [-0.4, -0.2) is 43.5 Å². The number of carbonyl (C=O) groups is 1. The van der Waals surface area contributed by atoms with E-state index in [2.05, 4.69) is 10.1 Å². The van der Waals surface area contributed by atoms with Crippen LogP contribution in [0, 0.1) is 0 Å². The van der Waals surface area contributed by atoms with Crippen LogP contribution in [0.3, 0.4) is 0 Å². The van der Waals surface area contributed by atoms with Crippen molar-refractivity contribution in [3.05, 3.63) is 29.8 Å². The van der Waals surface area contributed by atoms with E-state index in [0.717, 1.165) is 0 Å². The van der Waals surface area contributed by atoms with Crippen molar-refractivity contribution in [3.8, 4) is 5.75 Å². The van der Waals surface area contributed by atoms with Crippen LogP contribution in [-0.2, 0) is 4.74 Å². The average Bonchev–Trinajstić information content (AvgIpc) is 2.42. The number of methoxy groups -OCH3 is 1. The monoisotopic (exact) mass is 267 g/mol. The molecule has 0 saturated heterocycles. The summed E-state index contributed by atoms with van der Waals surface area (Å²) < 4.78 is 10.0. The maximum Gasteiger partial charge on any atom is 0.337 e. The summed E-state index contributed by atoms with van der Waals surface area (Å²) in [6.07, 6.45) is -0.567. The van der Waals surface area contributed by atoms with Crippen molar-refractivity contribution < 1.29 is 19.4 Å². The Morgan fingerprint density at radius 2 is 1.95 bits per heavy atom. The van der Waals surface area contributed by atoms with Crippen LogP contribution in [0.15, 0.2) is 24.3 Å². The van der Waals surface area contributed by atoms with Gasteiger partial charge < -0.3 is 19.9 Å². The van der Waals surface area contributed by atoms with Gasteiger partial charge in [-0.3, -0.25) is 0 Å². The zero-order chi connectivity index (χ0) is 14.3. The maximum absolute atomic E-state index is 11.2. The van der Waals surface area contributed by atoms with Gasteiger partial charge in [-0.05, 0) is 24.3 Å². The van der Waals surface area contributed by atoms with Crippen LogP contribution in [0.2, 0.25) is 0 Å². The normalized spacial score (nSPS) is 12.3. The summed E-state index contributed by atoms with van der Waals surface area (Å²) >= 11 is 0. The molecular weight excluding hydrogens is 246 g/mol. The molecule has 1 atom stereocenters. The molecule has 0 spiro atoms. The molecule has 1 aromatic rings. The standard InChI is InChI=1S/C14H21NO4/c1-10(2)15-8-12(16)9-19-13-6-4-11(5-7-13)14(17)18-3/h4-7,10,12,15-16H,8-9H2,1-3H3/t12-/m0/s1. The van der Waals surface area contributed by atoms with Crippen LogP contribution >= 0.6 is 0 Å². The molecule has 0 amide bonds. The molecule has 106 valence electrons. The summed E-state index contributed by atoms with van der Waals surface area (Å²) in [6.45, 7) is 4.72. The van der Waals surface area contributed by atoms with Gasteiger partial charge in [-0.15, -0.1) is 0 Å². The zero-order valence-corrected chi connectivity index (χ0v) is 11.6. The minimum absolute atomic E-state index is 0.206. The van der Waals surface area contributed by atoms with Gasteiger partial charge in [0.25, 0.3) is 0 Å². The van der Waals surface area contributed by atoms with E-state index in [0.29, 0.717) is 23.9 Å². The molecule has 1 rings (SSSR count). The predicted octanol–water partition coefficient (Wildman–Crippen LogP) is 1.21. The molecule has 0 aromatic heterocycles. The number of esters is 1. The molecule has 0 aliphatic heterocycles. The van der Waals surface area contributed by atoms with E-state index in [-0.39, 0.29) is 12.6 Å². The Labute approximate surface area is 113 Å². The lowest BCUT2D eigenvalue weighted by molar-refractivity contribution is 0.0600. The first-order valence-electron chi connectivity index (χ1n) is 6.25. The molecule has 1 aromatic carbocycles. The Balaban J connectivity index is 2.39. The van der Waals surface area contributed by atoms with E-state index < -0.39 is 6.10 Å². The van der Waals surface area contributed by atoms with Gasteiger partial charge >= 0.3 is 5.97 Å². The molecule has 0 bridgehead atoms. The summed E-state index contributed by atoms with van der Waals surface area (Å²) in [5, 5.41) is 12.8. The van der Waals surface area contributed by atoms with Gasteiger partial charge in [-0.2, -0.15) is 0 Å². The number of carbonyl (C=O) groups excluding carboxylic acids is 1. The van der Waals surface area contributed by atoms with Gasteiger partial charge in [0.15, 0.2) is 0 Å². The Kier molecular flexibility index (Phi) is 6.32. The topological polar surface area (TPSA) is 67.8 Å². The van der Waals surface area contributed by atoms with Crippen molar-refractivity contribution >= 4 is 5.97 Å². The van der Waals surface area contributed by atoms with Crippen molar-refractivity contribution in [2.24, 2.45) is 0 Å². The lowest BCUT2D eigenvalue weighted by Gasteiger charge is -2.15. The fraction of sp³-hybridized carbons (Fsp3) is 0.500. The van der Waals surface area contributed by atoms with Crippen molar-refractivity contribution in [2.45, 2.75) is 26.0 Å². The van der Waals surface area contributed by atoms with Gasteiger partial charge in [-0.25, -0.2) is 4.79 Å². The largest absolute Gasteiger partial charge is 0.491 e. The number of aliphatic hydroxyl groups is 1. The number of rotatable bonds is 7. The van der Waals surface area contributed by atoms with Crippen molar-refractivity contribution in [3.63, 3.8) is 0 Å². The predicted molar refractivity (Wildman–Crippen MR) is 72.4 cm³/mol. The van der Waals surface area contributed by atoms with E-state index in [1.165, 1.54) is 7.11 Å². The Morgan fingerprint density at radius 1 is 1.32 bits per heavy atom. The first-order valence-corrected chi connectivity index (χ1v) is 6.25. The van der Waals surface area contributed by atoms with Crippen LogP contribution in [0.25, 0.3) is 0 Å². The SMILES string of the molecule is COC(=O)c1ccc(OC[C@@H](O)CNC(C)C)cc1. The molecule has 0 heterocycles. The van der Waals surface area contributed by atoms with Crippen LogP contribution in [0.4, 0.5) is 0 Å². The summed E-state index contributed by atoms with van der Waals surface area (Å²) in [5.74, 6) is 0.226. The average molecular weight is 267 g/mol. The molecule has 0 aliphatic rings. The number of benzene rings is 1. The highest BCUT2D eigenvalue weighted by Crippen LogP contribution is 2.13. The van der Waals surface area contributed by atoms with Crippen LogP contribution in [0.1, 0.15) is 24.2 Å². The second-order valence-corrected chi connectivity index (χ2v) is 4.54. The maximum atomic E-state index is 11.2. The Morgan fingerprint density at radius 3 is 2.47 bits per heavy atom. The lowest BCUT2D eigenvalue weighted by atomic mass is 10.2. The molecule has 0 fully saturated rings. The fourth-order valence-corrected chi connectivity index (χ4v) is 1.43. The Bertz CT molecular complexity index is 389. The third-order valence-electron chi connectivity index (χ3n) is 2.48. The van der Waals surface area contributed by atoms with E-state index in [4.69, 9.17) is 4.74 Å². The van der Waals surface area contributed by atoms with Crippen LogP contribution < -0.4 is 10.1 Å². The number of hydrogen-bond donors (Lipinski definition) is 2. The smallest absolute Gasteiger partial charge is 0.337 e. The van der Waals surface area contributed by atoms with Gasteiger partial charge in [0.05, 0.1) is 12.7 Å². The fourth-order valence-electron chi connectivity index (χ4n) is 1.43. The van der Waals surface area contributed by atoms with E-state index in [1.54, 1.807) is 24.3 Å². The molecule has 2 N–H and O–H groups in total. The van der Waals surface area contributed by atoms with Crippen molar-refractivity contribution in [2.75, 3.05) is 20.3 Å². The van der Waals surface area contributed by atoms with Crippen molar-refractivity contribution in [1.82, 2.24) is 5.32 Å². The van der Waals surface area contributed by atoms with E-state index in [1.807, 2.05) is 13.8 Å². The van der Waals surface area contributed by atoms with E-state index >= 15 is 0 Å². The molecule has 5 nitrogen and oxygen atoms in total. The van der Waals surface area contributed by atoms with Gasteiger partial charge in [0.1, 0.15) is 18.5 Å². The van der Waals surface area contributed by atoms with Gasteiger partial charge in [0.2, 0.25) is 0 Å². The van der Waals surface area contributed by atoms with Crippen LogP contribution in [0.5, 0.6) is 5.75 Å². The zero-order valence-electron chi connectivity index (χ0n) is 11.6. The summed E-state index contributed by atoms with van der Waals surface area (Å²) in [6, 6.07) is 6.93. The minimum Gasteiger partial charge on any atom is -0.491 e. The number of hydrogen-bond acceptors (Lipinski definition) is 5. The third kappa shape index (κ3) is 5.72. The molecular formula is C14H21NO4. The summed E-state index contributed by atoms with van der Waals surface area (Å²) in [7, 11) is 1.34. The second-order valence-electron chi connectivity index (χ2n) is 4.54. The number of nitrogens with one attached hydrogen (secondary N) is 1. The molecule has 0 aliphatic carbocycles. The number of ether oxygens (including phenoxy) is 2. The lowest BCUT2D eigenvalue weighted by Crippen LogP contribution is -2.35. The molecule has 5 heteroatoms. The minimum atomic E-state index is -0.567. The van der Waals surface area contributed by atoms with Gasteiger partial charge in [0, 0.05) is 12.6 Å². The first-order chi connectivity index (χ1) is 9.02. The molecule has 0 saturated carbocycles. The molecule has 0 radical (unpaired) electrons. The van der Waals surface area contributed by atoms with Gasteiger partial charge in [-0.1, -0.05) is 13.8 Å². The highest BCUT2D eigenvalue weighted by Gasteiger charge is 2.07. The Hall–Kier alpha value is -1.59. The molecule has 0 unspecified atom stereocenters. The molecule has 19 heavy (non-hydrogen) atoms. The summed E-state index contributed by atoms with van der Waals surface area (Å²) in [5.41, 5.74) is 0.469. The third-order valence-corrected chi connectivity index (χ3v) is 2.48.